The molecule has 1 aromatic carbocycles. The van der Waals surface area contributed by atoms with Gasteiger partial charge < -0.3 is 0 Å². The summed E-state index contributed by atoms with van der Waals surface area (Å²) in [5, 5.41) is 13.6. The summed E-state index contributed by atoms with van der Waals surface area (Å²) in [4.78, 5) is 4.71. The Morgan fingerprint density at radius 1 is 0.957 bits per heavy atom. The first-order valence-electron chi connectivity index (χ1n) is 6.86. The number of halogens is 1. The van der Waals surface area contributed by atoms with Crippen molar-refractivity contribution in [1.82, 2.24) is 24.8 Å². The molecule has 3 heterocycles. The van der Waals surface area contributed by atoms with Gasteiger partial charge >= 0.3 is 0 Å². The summed E-state index contributed by atoms with van der Waals surface area (Å²) in [6.45, 7) is 0. The molecule has 0 spiro atoms. The number of hydrogen-bond donors (Lipinski definition) is 0. The van der Waals surface area contributed by atoms with Crippen molar-refractivity contribution in [3.63, 3.8) is 0 Å². The lowest BCUT2D eigenvalue weighted by atomic mass is 10.2. The van der Waals surface area contributed by atoms with E-state index in [-0.39, 0.29) is 5.82 Å². The molecule has 23 heavy (non-hydrogen) atoms. The van der Waals surface area contributed by atoms with E-state index in [4.69, 9.17) is 0 Å². The summed E-state index contributed by atoms with van der Waals surface area (Å²) in [5.41, 5.74) is 1.82. The third kappa shape index (κ3) is 2.74. The normalized spacial score (nSPS) is 11.5. The number of pyridine rings is 1. The van der Waals surface area contributed by atoms with Crippen LogP contribution in [0.1, 0.15) is 10.6 Å². The quantitative estimate of drug-likeness (QED) is 0.578. The number of hydrogen-bond acceptors (Lipinski definition) is 5. The molecule has 3 aromatic heterocycles. The van der Waals surface area contributed by atoms with Gasteiger partial charge in [0, 0.05) is 18.0 Å². The second-order valence-corrected chi connectivity index (χ2v) is 5.77. The van der Waals surface area contributed by atoms with Gasteiger partial charge in [0.15, 0.2) is 5.82 Å². The largest absolute Gasteiger partial charge is 0.265 e. The second kappa shape index (κ2) is 5.69. The SMILES string of the molecule is Fc1ccc(/C=C/c2nn3c(-c4ccncc4)nnc3s2)cc1. The summed E-state index contributed by atoms with van der Waals surface area (Å²) in [5.74, 6) is 0.433. The average molecular weight is 323 g/mol. The third-order valence-electron chi connectivity index (χ3n) is 3.23. The molecule has 7 heteroatoms. The predicted molar refractivity (Wildman–Crippen MR) is 87.2 cm³/mol. The summed E-state index contributed by atoms with van der Waals surface area (Å²) in [6, 6.07) is 10.0. The molecule has 0 amide bonds. The minimum Gasteiger partial charge on any atom is -0.265 e. The Balaban J connectivity index is 1.67. The molecule has 0 saturated heterocycles. The lowest BCUT2D eigenvalue weighted by Gasteiger charge is -1.94. The predicted octanol–water partition coefficient (Wildman–Crippen LogP) is 3.56. The Morgan fingerprint density at radius 2 is 1.74 bits per heavy atom. The zero-order chi connectivity index (χ0) is 15.6. The van der Waals surface area contributed by atoms with Crippen LogP contribution in [0.2, 0.25) is 0 Å². The van der Waals surface area contributed by atoms with Gasteiger partial charge in [-0.3, -0.25) is 4.98 Å². The Bertz CT molecular complexity index is 973. The highest BCUT2D eigenvalue weighted by atomic mass is 32.1. The topological polar surface area (TPSA) is 56.0 Å². The van der Waals surface area contributed by atoms with Crippen LogP contribution in [0.4, 0.5) is 4.39 Å². The van der Waals surface area contributed by atoms with Crippen LogP contribution in [-0.4, -0.2) is 24.8 Å². The van der Waals surface area contributed by atoms with E-state index in [0.29, 0.717) is 5.82 Å². The van der Waals surface area contributed by atoms with E-state index >= 15 is 0 Å². The van der Waals surface area contributed by atoms with E-state index in [1.54, 1.807) is 29.0 Å². The smallest absolute Gasteiger partial charge is 0.235 e. The van der Waals surface area contributed by atoms with Gasteiger partial charge in [-0.05, 0) is 35.9 Å². The number of fused-ring (bicyclic) bond motifs is 1. The van der Waals surface area contributed by atoms with Gasteiger partial charge in [-0.15, -0.1) is 10.2 Å². The molecule has 4 aromatic rings. The van der Waals surface area contributed by atoms with Gasteiger partial charge in [-0.1, -0.05) is 29.5 Å². The van der Waals surface area contributed by atoms with Crippen LogP contribution in [0.5, 0.6) is 0 Å². The van der Waals surface area contributed by atoms with Crippen molar-refractivity contribution in [3.8, 4) is 11.4 Å². The van der Waals surface area contributed by atoms with Gasteiger partial charge in [0.2, 0.25) is 4.96 Å². The molecule has 0 aliphatic rings. The van der Waals surface area contributed by atoms with E-state index in [1.807, 2.05) is 24.3 Å². The second-order valence-electron chi connectivity index (χ2n) is 4.78. The molecule has 4 rings (SSSR count). The number of benzene rings is 1. The zero-order valence-corrected chi connectivity index (χ0v) is 12.6. The molecule has 0 atom stereocenters. The summed E-state index contributed by atoms with van der Waals surface area (Å²) in [7, 11) is 0. The highest BCUT2D eigenvalue weighted by Gasteiger charge is 2.11. The van der Waals surface area contributed by atoms with Gasteiger partial charge in [-0.2, -0.15) is 9.61 Å². The summed E-state index contributed by atoms with van der Waals surface area (Å²) >= 11 is 1.44. The Kier molecular flexibility index (Phi) is 3.39. The van der Waals surface area contributed by atoms with Crippen molar-refractivity contribution in [2.45, 2.75) is 0 Å². The first-order valence-corrected chi connectivity index (χ1v) is 7.67. The van der Waals surface area contributed by atoms with Crippen molar-refractivity contribution in [2.24, 2.45) is 0 Å². The minimum absolute atomic E-state index is 0.247. The van der Waals surface area contributed by atoms with Crippen molar-refractivity contribution in [1.29, 1.82) is 0 Å². The standard InChI is InChI=1S/C16H10FN5S/c17-13-4-1-11(2-5-13)3-6-14-21-22-15(19-20-16(22)23-14)12-7-9-18-10-8-12/h1-10H/b6-3+. The highest BCUT2D eigenvalue weighted by Crippen LogP contribution is 2.22. The van der Waals surface area contributed by atoms with E-state index in [2.05, 4.69) is 20.3 Å². The van der Waals surface area contributed by atoms with Gasteiger partial charge in [0.1, 0.15) is 10.8 Å². The Hall–Kier alpha value is -2.93. The van der Waals surface area contributed by atoms with E-state index in [0.717, 1.165) is 21.1 Å². The molecule has 5 nitrogen and oxygen atoms in total. The molecule has 0 aliphatic carbocycles. The fourth-order valence-corrected chi connectivity index (χ4v) is 2.86. The van der Waals surface area contributed by atoms with Crippen LogP contribution in [0.15, 0.2) is 48.8 Å². The molecule has 0 unspecified atom stereocenters. The first-order chi connectivity index (χ1) is 11.3. The fourth-order valence-electron chi connectivity index (χ4n) is 2.12. The molecule has 0 radical (unpaired) electrons. The lowest BCUT2D eigenvalue weighted by molar-refractivity contribution is 0.628. The fraction of sp³-hybridized carbons (Fsp3) is 0. The van der Waals surface area contributed by atoms with Crippen molar-refractivity contribution >= 4 is 28.4 Å². The summed E-state index contributed by atoms with van der Waals surface area (Å²) < 4.78 is 14.6. The van der Waals surface area contributed by atoms with Gasteiger partial charge in [0.05, 0.1) is 0 Å². The first kappa shape index (κ1) is 13.7. The van der Waals surface area contributed by atoms with Crippen molar-refractivity contribution in [2.75, 3.05) is 0 Å². The Morgan fingerprint density at radius 3 is 2.52 bits per heavy atom. The van der Waals surface area contributed by atoms with Crippen LogP contribution in [-0.2, 0) is 0 Å². The zero-order valence-electron chi connectivity index (χ0n) is 11.8. The lowest BCUT2D eigenvalue weighted by Crippen LogP contribution is -1.90. The molecule has 0 aliphatic heterocycles. The molecule has 0 fully saturated rings. The molecular weight excluding hydrogens is 313 g/mol. The van der Waals surface area contributed by atoms with Crippen molar-refractivity contribution in [3.05, 3.63) is 65.2 Å². The van der Waals surface area contributed by atoms with E-state index < -0.39 is 0 Å². The highest BCUT2D eigenvalue weighted by molar-refractivity contribution is 7.17. The number of nitrogens with zero attached hydrogens (tertiary/aromatic N) is 5. The minimum atomic E-state index is -0.247. The van der Waals surface area contributed by atoms with E-state index in [1.165, 1.54) is 23.5 Å². The third-order valence-corrected chi connectivity index (χ3v) is 4.10. The monoisotopic (exact) mass is 323 g/mol. The van der Waals surface area contributed by atoms with Crippen LogP contribution < -0.4 is 0 Å². The molecule has 112 valence electrons. The van der Waals surface area contributed by atoms with E-state index in [9.17, 15) is 4.39 Å². The van der Waals surface area contributed by atoms with Crippen LogP contribution >= 0.6 is 11.3 Å². The molecule has 0 bridgehead atoms. The molecular formula is C16H10FN5S. The van der Waals surface area contributed by atoms with Crippen molar-refractivity contribution < 1.29 is 4.39 Å². The van der Waals surface area contributed by atoms with Gasteiger partial charge in [0.25, 0.3) is 0 Å². The maximum atomic E-state index is 12.9. The maximum absolute atomic E-state index is 12.9. The number of aromatic nitrogens is 5. The molecule has 0 saturated carbocycles. The van der Waals surface area contributed by atoms with Crippen LogP contribution in [0.25, 0.3) is 28.5 Å². The summed E-state index contributed by atoms with van der Waals surface area (Å²) in [6.07, 6.45) is 7.18. The van der Waals surface area contributed by atoms with Gasteiger partial charge in [-0.25, -0.2) is 4.39 Å². The number of rotatable bonds is 3. The molecule has 0 N–H and O–H groups in total. The Labute approximate surface area is 134 Å². The average Bonchev–Trinajstić information content (AvgIpc) is 3.15. The van der Waals surface area contributed by atoms with Crippen LogP contribution in [0, 0.1) is 5.82 Å². The maximum Gasteiger partial charge on any atom is 0.235 e. The van der Waals surface area contributed by atoms with Crippen LogP contribution in [0.3, 0.4) is 0 Å².